The van der Waals surface area contributed by atoms with Crippen LogP contribution >= 0.6 is 0 Å². The van der Waals surface area contributed by atoms with E-state index in [0.717, 1.165) is 52.3 Å². The molecule has 1 unspecified atom stereocenters. The van der Waals surface area contributed by atoms with Crippen LogP contribution in [0.25, 0.3) is 27.4 Å². The zero-order valence-corrected chi connectivity index (χ0v) is 20.5. The lowest BCUT2D eigenvalue weighted by molar-refractivity contribution is 0.263. The second kappa shape index (κ2) is 9.66. The zero-order chi connectivity index (χ0) is 24.5. The first kappa shape index (κ1) is 23.3. The molecule has 1 fully saturated rings. The van der Waals surface area contributed by atoms with E-state index >= 15 is 4.39 Å². The lowest BCUT2D eigenvalue weighted by atomic mass is 10.0. The summed E-state index contributed by atoms with van der Waals surface area (Å²) in [5.41, 5.74) is 4.76. The summed E-state index contributed by atoms with van der Waals surface area (Å²) in [7, 11) is 1.63. The molecule has 2 aliphatic rings. The van der Waals surface area contributed by atoms with Crippen molar-refractivity contribution in [3.63, 3.8) is 0 Å². The van der Waals surface area contributed by atoms with Crippen molar-refractivity contribution in [2.24, 2.45) is 0 Å². The van der Waals surface area contributed by atoms with Gasteiger partial charge in [-0.15, -0.1) is 0 Å². The molecule has 0 bridgehead atoms. The Morgan fingerprint density at radius 3 is 2.71 bits per heavy atom. The monoisotopic (exact) mass is 473 g/mol. The van der Waals surface area contributed by atoms with Crippen molar-refractivity contribution in [1.82, 2.24) is 20.3 Å². The van der Waals surface area contributed by atoms with Gasteiger partial charge in [0.05, 0.1) is 24.2 Å². The van der Waals surface area contributed by atoms with E-state index in [2.05, 4.69) is 20.3 Å². The van der Waals surface area contributed by atoms with Gasteiger partial charge < -0.3 is 19.8 Å². The third-order valence-electron chi connectivity index (χ3n) is 6.44. The number of allylic oxidation sites excluding steroid dienone is 2. The number of aryl methyl sites for hydroxylation is 1. The molecule has 1 radical (unpaired) electrons. The van der Waals surface area contributed by atoms with Crippen LogP contribution < -0.4 is 14.8 Å². The van der Waals surface area contributed by atoms with E-state index < -0.39 is 0 Å². The normalized spacial score (nSPS) is 17.3. The molecule has 4 aromatic rings. The van der Waals surface area contributed by atoms with Gasteiger partial charge in [0.25, 0.3) is 0 Å². The van der Waals surface area contributed by atoms with Crippen molar-refractivity contribution in [3.8, 4) is 11.5 Å². The first-order valence-corrected chi connectivity index (χ1v) is 12.2. The molecule has 2 aromatic heterocycles. The lowest BCUT2D eigenvalue weighted by Crippen LogP contribution is -2.28. The largest absolute Gasteiger partial charge is 0.493 e. The van der Waals surface area contributed by atoms with Gasteiger partial charge in [-0.3, -0.25) is 0 Å². The fraction of sp³-hybridized carbons (Fsp3) is 0.321. The van der Waals surface area contributed by atoms with Gasteiger partial charge >= 0.3 is 0 Å². The maximum Gasteiger partial charge on any atom is 0.163 e. The van der Waals surface area contributed by atoms with Crippen molar-refractivity contribution < 1.29 is 13.9 Å². The fourth-order valence-electron chi connectivity index (χ4n) is 4.68. The minimum absolute atomic E-state index is 0.217. The van der Waals surface area contributed by atoms with Gasteiger partial charge in [-0.2, -0.15) is 0 Å². The van der Waals surface area contributed by atoms with Crippen LogP contribution in [-0.4, -0.2) is 41.3 Å². The quantitative estimate of drug-likeness (QED) is 0.373. The van der Waals surface area contributed by atoms with Crippen LogP contribution in [0.1, 0.15) is 43.6 Å². The van der Waals surface area contributed by atoms with E-state index in [1.165, 1.54) is 12.7 Å². The van der Waals surface area contributed by atoms with Crippen molar-refractivity contribution in [3.05, 3.63) is 71.4 Å². The highest BCUT2D eigenvalue weighted by Crippen LogP contribution is 2.48. The molecular weight excluding hydrogens is 443 g/mol. The molecule has 7 heteroatoms. The number of aromatic amines is 1. The lowest BCUT2D eigenvalue weighted by Gasteiger charge is -2.15. The van der Waals surface area contributed by atoms with Crippen molar-refractivity contribution in [2.75, 3.05) is 20.3 Å². The van der Waals surface area contributed by atoms with Crippen LogP contribution in [0.15, 0.2) is 42.7 Å². The Hall–Kier alpha value is -3.45. The molecule has 181 valence electrons. The maximum atomic E-state index is 15.2. The van der Waals surface area contributed by atoms with Crippen LogP contribution in [0.5, 0.6) is 11.5 Å². The molecule has 3 heterocycles. The summed E-state index contributed by atoms with van der Waals surface area (Å²) in [6.45, 7) is 7.55. The Bertz CT molecular complexity index is 1410. The molecule has 6 nitrogen and oxygen atoms in total. The third-order valence-corrected chi connectivity index (χ3v) is 6.44. The van der Waals surface area contributed by atoms with Gasteiger partial charge in [-0.25, -0.2) is 14.4 Å². The molecule has 2 N–H and O–H groups in total. The predicted octanol–water partition coefficient (Wildman–Crippen LogP) is 5.74. The minimum atomic E-state index is -0.217. The first-order valence-electron chi connectivity index (χ1n) is 12.2. The van der Waals surface area contributed by atoms with Crippen LogP contribution in [0, 0.1) is 18.7 Å². The standard InChI is InChI=1S/C26H24FN4O2.C2H6/c1-14-8-19-21(31-14)6-5-16(25(19)27)17-9-18(17)26-20-10-23(32-2)24(11-22(20)29-13-30-26)33-12-15-4-3-7-28-15;1-2/h5-6,8-11,13,15,28,31H,3-4,7,12H2,1-2H3;1-2H3. The number of methoxy groups -OCH3 is 1. The second-order valence-corrected chi connectivity index (χ2v) is 8.66. The SMILES string of the molecule is CC.COc1cc2c(C3=C[C]3c3ccc4[nH]c(C)cc4c3F)ncnc2cc1OCC1CCCN1. The number of halogens is 1. The Balaban J connectivity index is 0.00000124. The minimum Gasteiger partial charge on any atom is -0.493 e. The van der Waals surface area contributed by atoms with Crippen molar-refractivity contribution >= 4 is 27.4 Å². The average molecular weight is 474 g/mol. The zero-order valence-electron chi connectivity index (χ0n) is 20.5. The Morgan fingerprint density at radius 2 is 1.94 bits per heavy atom. The first-order chi connectivity index (χ1) is 17.1. The number of nitrogens with zero attached hydrogens (tertiary/aromatic N) is 2. The summed E-state index contributed by atoms with van der Waals surface area (Å²) in [4.78, 5) is 12.2. The van der Waals surface area contributed by atoms with E-state index in [1.807, 2.05) is 57.2 Å². The highest BCUT2D eigenvalue weighted by atomic mass is 19.1. The summed E-state index contributed by atoms with van der Waals surface area (Å²) in [5, 5.41) is 4.89. The molecule has 2 aromatic carbocycles. The van der Waals surface area contributed by atoms with Gasteiger partial charge in [0, 0.05) is 39.7 Å². The maximum absolute atomic E-state index is 15.2. The summed E-state index contributed by atoms with van der Waals surface area (Å²) in [6, 6.07) is 9.74. The number of aromatic nitrogens is 3. The fourth-order valence-corrected chi connectivity index (χ4v) is 4.68. The molecule has 35 heavy (non-hydrogen) atoms. The second-order valence-electron chi connectivity index (χ2n) is 8.66. The van der Waals surface area contributed by atoms with Crippen molar-refractivity contribution in [1.29, 1.82) is 0 Å². The van der Waals surface area contributed by atoms with E-state index in [1.54, 1.807) is 7.11 Å². The van der Waals surface area contributed by atoms with Gasteiger partial charge in [-0.05, 0) is 50.1 Å². The Kier molecular flexibility index (Phi) is 6.43. The molecular formula is C28H30FN4O2. The van der Waals surface area contributed by atoms with E-state index in [0.29, 0.717) is 35.1 Å². The average Bonchev–Trinajstić information content (AvgIpc) is 3.28. The smallest absolute Gasteiger partial charge is 0.163 e. The number of H-pyrrole nitrogens is 1. The summed E-state index contributed by atoms with van der Waals surface area (Å²) in [5.74, 6) is 1.94. The topological polar surface area (TPSA) is 72.1 Å². The van der Waals surface area contributed by atoms with Gasteiger partial charge in [-0.1, -0.05) is 26.0 Å². The van der Waals surface area contributed by atoms with Gasteiger partial charge in [0.2, 0.25) is 0 Å². The molecule has 0 amide bonds. The Labute approximate surface area is 204 Å². The molecule has 1 saturated heterocycles. The molecule has 6 rings (SSSR count). The summed E-state index contributed by atoms with van der Waals surface area (Å²) < 4.78 is 26.9. The van der Waals surface area contributed by atoms with Crippen LogP contribution in [0.4, 0.5) is 4.39 Å². The number of hydrogen-bond donors (Lipinski definition) is 2. The molecule has 0 spiro atoms. The number of benzene rings is 2. The number of hydrogen-bond acceptors (Lipinski definition) is 5. The Morgan fingerprint density at radius 1 is 1.09 bits per heavy atom. The number of nitrogens with one attached hydrogen (secondary N) is 2. The third kappa shape index (κ3) is 4.36. The molecule has 0 saturated carbocycles. The predicted molar refractivity (Wildman–Crippen MR) is 137 cm³/mol. The highest BCUT2D eigenvalue weighted by Gasteiger charge is 2.34. The van der Waals surface area contributed by atoms with Gasteiger partial charge in [0.1, 0.15) is 18.8 Å². The van der Waals surface area contributed by atoms with E-state index in [-0.39, 0.29) is 5.82 Å². The summed E-state index contributed by atoms with van der Waals surface area (Å²) >= 11 is 0. The molecule has 1 aliphatic carbocycles. The molecule has 1 atom stereocenters. The van der Waals surface area contributed by atoms with Crippen molar-refractivity contribution in [2.45, 2.75) is 39.7 Å². The van der Waals surface area contributed by atoms with Gasteiger partial charge in [0.15, 0.2) is 11.5 Å². The van der Waals surface area contributed by atoms with E-state index in [9.17, 15) is 0 Å². The van der Waals surface area contributed by atoms with Crippen LogP contribution in [0.2, 0.25) is 0 Å². The number of ether oxygens (including phenoxy) is 2. The molecule has 1 aliphatic heterocycles. The van der Waals surface area contributed by atoms with E-state index in [4.69, 9.17) is 9.47 Å². The van der Waals surface area contributed by atoms with Crippen LogP contribution in [0.3, 0.4) is 0 Å². The summed E-state index contributed by atoms with van der Waals surface area (Å²) in [6.07, 6.45) is 5.79. The number of fused-ring (bicyclic) bond motifs is 2. The number of rotatable bonds is 6. The highest BCUT2D eigenvalue weighted by molar-refractivity contribution is 6.05. The van der Waals surface area contributed by atoms with Crippen LogP contribution in [-0.2, 0) is 0 Å².